The van der Waals surface area contributed by atoms with Crippen LogP contribution in [0.1, 0.15) is 15.9 Å². The molecule has 0 aliphatic heterocycles. The Morgan fingerprint density at radius 1 is 1.29 bits per heavy atom. The van der Waals surface area contributed by atoms with Crippen LogP contribution < -0.4 is 5.73 Å². The maximum absolute atomic E-state index is 12.2. The highest BCUT2D eigenvalue weighted by Gasteiger charge is 2.13. The van der Waals surface area contributed by atoms with Crippen LogP contribution in [0.2, 0.25) is 0 Å². The van der Waals surface area contributed by atoms with Crippen LogP contribution in [-0.4, -0.2) is 23.9 Å². The summed E-state index contributed by atoms with van der Waals surface area (Å²) in [7, 11) is 0. The van der Waals surface area contributed by atoms with Gasteiger partial charge in [-0.2, -0.15) is 0 Å². The molecule has 17 heavy (non-hydrogen) atoms. The van der Waals surface area contributed by atoms with Crippen LogP contribution in [0, 0.1) is 6.92 Å². The van der Waals surface area contributed by atoms with Gasteiger partial charge < -0.3 is 10.6 Å². The largest absolute Gasteiger partial charge is 0.399 e. The Kier molecular flexibility index (Phi) is 4.52. The van der Waals surface area contributed by atoms with E-state index in [1.54, 1.807) is 23.1 Å². The molecular weight excluding hydrogens is 212 g/mol. The third-order valence-corrected chi connectivity index (χ3v) is 2.33. The summed E-state index contributed by atoms with van der Waals surface area (Å²) in [5.74, 6) is -0.0554. The van der Waals surface area contributed by atoms with Crippen molar-refractivity contribution in [1.82, 2.24) is 4.90 Å². The van der Waals surface area contributed by atoms with Gasteiger partial charge in [0, 0.05) is 24.3 Å². The number of hydrogen-bond acceptors (Lipinski definition) is 2. The quantitative estimate of drug-likeness (QED) is 0.623. The zero-order chi connectivity index (χ0) is 12.8. The Morgan fingerprint density at radius 2 is 1.88 bits per heavy atom. The lowest BCUT2D eigenvalue weighted by atomic mass is 10.1. The Bertz CT molecular complexity index is 408. The van der Waals surface area contributed by atoms with Gasteiger partial charge in [-0.3, -0.25) is 4.79 Å². The number of amides is 1. The smallest absolute Gasteiger partial charge is 0.254 e. The van der Waals surface area contributed by atoms with E-state index in [1.807, 2.05) is 19.1 Å². The SMILES string of the molecule is C=CCN(CC=C)C(=O)c1cc(C)cc(N)c1. The number of nitrogens with zero attached hydrogens (tertiary/aromatic N) is 1. The molecule has 0 atom stereocenters. The lowest BCUT2D eigenvalue weighted by molar-refractivity contribution is 0.0791. The predicted molar refractivity (Wildman–Crippen MR) is 71.9 cm³/mol. The molecule has 0 unspecified atom stereocenters. The molecule has 1 rings (SSSR count). The highest BCUT2D eigenvalue weighted by Crippen LogP contribution is 2.13. The van der Waals surface area contributed by atoms with E-state index in [2.05, 4.69) is 13.2 Å². The van der Waals surface area contributed by atoms with Crippen LogP contribution in [-0.2, 0) is 0 Å². The first-order chi connectivity index (χ1) is 8.08. The van der Waals surface area contributed by atoms with Crippen molar-refractivity contribution >= 4 is 11.6 Å². The third kappa shape index (κ3) is 3.48. The number of benzene rings is 1. The highest BCUT2D eigenvalue weighted by molar-refractivity contribution is 5.95. The normalized spacial score (nSPS) is 9.71. The van der Waals surface area contributed by atoms with E-state index < -0.39 is 0 Å². The van der Waals surface area contributed by atoms with Crippen molar-refractivity contribution in [3.8, 4) is 0 Å². The number of rotatable bonds is 5. The molecule has 3 nitrogen and oxygen atoms in total. The molecule has 0 saturated carbocycles. The number of aryl methyl sites for hydroxylation is 1. The molecule has 0 aliphatic rings. The first kappa shape index (κ1) is 13.0. The maximum atomic E-state index is 12.2. The number of nitrogens with two attached hydrogens (primary N) is 1. The second-order valence-corrected chi connectivity index (χ2v) is 3.92. The first-order valence-corrected chi connectivity index (χ1v) is 5.46. The van der Waals surface area contributed by atoms with E-state index in [0.717, 1.165) is 5.56 Å². The minimum Gasteiger partial charge on any atom is -0.399 e. The number of hydrogen-bond donors (Lipinski definition) is 1. The lowest BCUT2D eigenvalue weighted by Crippen LogP contribution is -2.31. The van der Waals surface area contributed by atoms with E-state index in [-0.39, 0.29) is 5.91 Å². The van der Waals surface area contributed by atoms with E-state index >= 15 is 0 Å². The van der Waals surface area contributed by atoms with Crippen molar-refractivity contribution < 1.29 is 4.79 Å². The molecule has 0 bridgehead atoms. The number of nitrogen functional groups attached to an aromatic ring is 1. The molecule has 0 heterocycles. The number of carbonyl (C=O) groups excluding carboxylic acids is 1. The molecule has 0 saturated heterocycles. The Labute approximate surface area is 102 Å². The molecule has 90 valence electrons. The van der Waals surface area contributed by atoms with Crippen LogP contribution in [0.3, 0.4) is 0 Å². The van der Waals surface area contributed by atoms with Crippen molar-refractivity contribution in [2.45, 2.75) is 6.92 Å². The summed E-state index contributed by atoms with van der Waals surface area (Å²) in [6.07, 6.45) is 3.39. The number of carbonyl (C=O) groups is 1. The molecule has 0 radical (unpaired) electrons. The fraction of sp³-hybridized carbons (Fsp3) is 0.214. The van der Waals surface area contributed by atoms with Crippen LogP contribution >= 0.6 is 0 Å². The van der Waals surface area contributed by atoms with Gasteiger partial charge in [0.05, 0.1) is 0 Å². The highest BCUT2D eigenvalue weighted by atomic mass is 16.2. The summed E-state index contributed by atoms with van der Waals surface area (Å²) < 4.78 is 0. The van der Waals surface area contributed by atoms with Crippen LogP contribution in [0.25, 0.3) is 0 Å². The van der Waals surface area contributed by atoms with Crippen molar-refractivity contribution in [2.24, 2.45) is 0 Å². The molecule has 1 amide bonds. The second kappa shape index (κ2) is 5.89. The maximum Gasteiger partial charge on any atom is 0.254 e. The molecule has 0 aliphatic carbocycles. The monoisotopic (exact) mass is 230 g/mol. The number of anilines is 1. The standard InChI is InChI=1S/C14H18N2O/c1-4-6-16(7-5-2)14(17)12-8-11(3)9-13(15)10-12/h4-5,8-10H,1-2,6-7,15H2,3H3. The topological polar surface area (TPSA) is 46.3 Å². The summed E-state index contributed by atoms with van der Waals surface area (Å²) in [4.78, 5) is 13.9. The van der Waals surface area contributed by atoms with Gasteiger partial charge in [0.1, 0.15) is 0 Å². The molecule has 3 heteroatoms. The fourth-order valence-corrected chi connectivity index (χ4v) is 1.67. The van der Waals surface area contributed by atoms with Crippen LogP contribution in [0.5, 0.6) is 0 Å². The summed E-state index contributed by atoms with van der Waals surface area (Å²) in [5, 5.41) is 0. The predicted octanol–water partition coefficient (Wildman–Crippen LogP) is 2.39. The molecule has 0 aromatic heterocycles. The zero-order valence-electron chi connectivity index (χ0n) is 10.1. The molecule has 0 fully saturated rings. The molecule has 2 N–H and O–H groups in total. The van der Waals surface area contributed by atoms with E-state index in [9.17, 15) is 4.79 Å². The van der Waals surface area contributed by atoms with E-state index in [0.29, 0.717) is 24.3 Å². The first-order valence-electron chi connectivity index (χ1n) is 5.46. The van der Waals surface area contributed by atoms with Gasteiger partial charge in [-0.15, -0.1) is 13.2 Å². The average Bonchev–Trinajstić information content (AvgIpc) is 2.26. The van der Waals surface area contributed by atoms with Gasteiger partial charge in [0.15, 0.2) is 0 Å². The Morgan fingerprint density at radius 3 is 2.35 bits per heavy atom. The fourth-order valence-electron chi connectivity index (χ4n) is 1.67. The summed E-state index contributed by atoms with van der Waals surface area (Å²) in [6.45, 7) is 10.2. The van der Waals surface area contributed by atoms with Gasteiger partial charge in [0.25, 0.3) is 5.91 Å². The third-order valence-electron chi connectivity index (χ3n) is 2.33. The van der Waals surface area contributed by atoms with E-state index in [1.165, 1.54) is 0 Å². The Hall–Kier alpha value is -2.03. The van der Waals surface area contributed by atoms with Crippen molar-refractivity contribution in [1.29, 1.82) is 0 Å². The van der Waals surface area contributed by atoms with Crippen LogP contribution in [0.4, 0.5) is 5.69 Å². The average molecular weight is 230 g/mol. The van der Waals surface area contributed by atoms with Crippen molar-refractivity contribution in [2.75, 3.05) is 18.8 Å². The van der Waals surface area contributed by atoms with Crippen molar-refractivity contribution in [3.05, 3.63) is 54.6 Å². The van der Waals surface area contributed by atoms with Gasteiger partial charge in [-0.1, -0.05) is 12.2 Å². The summed E-state index contributed by atoms with van der Waals surface area (Å²) in [5.41, 5.74) is 7.92. The van der Waals surface area contributed by atoms with Gasteiger partial charge in [-0.05, 0) is 30.7 Å². The molecule has 1 aromatic carbocycles. The minimum atomic E-state index is -0.0554. The van der Waals surface area contributed by atoms with Crippen LogP contribution in [0.15, 0.2) is 43.5 Å². The molecular formula is C14H18N2O. The minimum absolute atomic E-state index is 0.0554. The lowest BCUT2D eigenvalue weighted by Gasteiger charge is -2.19. The van der Waals surface area contributed by atoms with Gasteiger partial charge in [0.2, 0.25) is 0 Å². The summed E-state index contributed by atoms with van der Waals surface area (Å²) >= 11 is 0. The van der Waals surface area contributed by atoms with Gasteiger partial charge >= 0.3 is 0 Å². The Balaban J connectivity index is 2.99. The second-order valence-electron chi connectivity index (χ2n) is 3.92. The molecule has 1 aromatic rings. The summed E-state index contributed by atoms with van der Waals surface area (Å²) in [6, 6.07) is 5.36. The van der Waals surface area contributed by atoms with Gasteiger partial charge in [-0.25, -0.2) is 0 Å². The molecule has 0 spiro atoms. The zero-order valence-corrected chi connectivity index (χ0v) is 10.1. The van der Waals surface area contributed by atoms with E-state index in [4.69, 9.17) is 5.73 Å². The van der Waals surface area contributed by atoms with Crippen molar-refractivity contribution in [3.63, 3.8) is 0 Å².